The Balaban J connectivity index is -0.0000000450. The maximum absolute atomic E-state index is 3.49. The van der Waals surface area contributed by atoms with Crippen molar-refractivity contribution >= 4 is 0 Å². The first kappa shape index (κ1) is 15.8. The van der Waals surface area contributed by atoms with Crippen LogP contribution in [0.3, 0.4) is 0 Å². The van der Waals surface area contributed by atoms with Crippen molar-refractivity contribution in [1.82, 2.24) is 0 Å². The van der Waals surface area contributed by atoms with Gasteiger partial charge >= 0.3 is 0 Å². The number of hydrogen-bond donors (Lipinski definition) is 0. The molecule has 0 nitrogen and oxygen atoms in total. The molecule has 0 N–H and O–H groups in total. The Labute approximate surface area is 65.9 Å². The first-order valence-electron chi connectivity index (χ1n) is 1.32. The summed E-state index contributed by atoms with van der Waals surface area (Å²) in [6.07, 6.45) is 2.60. The molecule has 0 aliphatic rings. The molecule has 35 valence electrons. The average Bonchev–Trinajstić information content (AvgIpc) is 1.37. The summed E-state index contributed by atoms with van der Waals surface area (Å²) in [5.41, 5.74) is 0. The third-order valence-corrected chi connectivity index (χ3v) is 0.204. The molecule has 0 aromatic carbocycles. The summed E-state index contributed by atoms with van der Waals surface area (Å²) in [5, 5.41) is 0. The van der Waals surface area contributed by atoms with Gasteiger partial charge in [-0.1, -0.05) is 7.43 Å². The molecule has 0 bridgehead atoms. The molecule has 6 heavy (non-hydrogen) atoms. The van der Waals surface area contributed by atoms with E-state index in [4.69, 9.17) is 0 Å². The van der Waals surface area contributed by atoms with Crippen LogP contribution in [0.15, 0.2) is 12.7 Å². The Hall–Kier alpha value is 0.844. The Morgan fingerprint density at radius 2 is 1.83 bits per heavy atom. The normalized spacial score (nSPS) is 4.17. The molecule has 1 heteroatoms. The molecule has 0 aromatic rings. The van der Waals surface area contributed by atoms with Crippen LogP contribution in [0, 0.1) is 6.92 Å². The van der Waals surface area contributed by atoms with E-state index in [1.165, 1.54) is 0 Å². The standard InChI is InChI=1S/C4H7.CH4.Y/c1-3-4-2;;/h3H,1-2,4H2;1H4;/q-1;;. The van der Waals surface area contributed by atoms with Gasteiger partial charge in [0.05, 0.1) is 0 Å². The van der Waals surface area contributed by atoms with Gasteiger partial charge in [-0.05, 0) is 0 Å². The Kier molecular flexibility index (Phi) is 44.7. The fourth-order valence-corrected chi connectivity index (χ4v) is 0. The van der Waals surface area contributed by atoms with E-state index in [2.05, 4.69) is 13.5 Å². The van der Waals surface area contributed by atoms with Crippen LogP contribution in [0.5, 0.6) is 0 Å². The minimum atomic E-state index is 0. The van der Waals surface area contributed by atoms with Crippen molar-refractivity contribution in [2.45, 2.75) is 13.8 Å². The first-order chi connectivity index (χ1) is 1.91. The number of rotatable bonds is 1. The van der Waals surface area contributed by atoms with Crippen molar-refractivity contribution in [2.24, 2.45) is 0 Å². The minimum Gasteiger partial charge on any atom is -0.340 e. The van der Waals surface area contributed by atoms with E-state index in [0.717, 1.165) is 6.42 Å². The molecule has 0 saturated heterocycles. The molecule has 0 aliphatic heterocycles. The van der Waals surface area contributed by atoms with Gasteiger partial charge in [0.25, 0.3) is 0 Å². The fourth-order valence-electron chi connectivity index (χ4n) is 0. The minimum absolute atomic E-state index is 0. The van der Waals surface area contributed by atoms with Crippen LogP contribution < -0.4 is 0 Å². The van der Waals surface area contributed by atoms with Crippen LogP contribution in [-0.4, -0.2) is 0 Å². The molecule has 0 amide bonds. The van der Waals surface area contributed by atoms with Gasteiger partial charge < -0.3 is 6.92 Å². The largest absolute Gasteiger partial charge is 0.340 e. The van der Waals surface area contributed by atoms with Crippen LogP contribution in [0.2, 0.25) is 0 Å². The second-order valence-corrected chi connectivity index (χ2v) is 0.577. The zero-order valence-corrected chi connectivity index (χ0v) is 6.11. The zero-order valence-electron chi connectivity index (χ0n) is 3.28. The molecule has 1 radical (unpaired) electrons. The Morgan fingerprint density at radius 3 is 1.83 bits per heavy atom. The summed E-state index contributed by atoms with van der Waals surface area (Å²) in [6, 6.07) is 0. The quantitative estimate of drug-likeness (QED) is 0.406. The van der Waals surface area contributed by atoms with E-state index >= 15 is 0 Å². The van der Waals surface area contributed by atoms with Crippen molar-refractivity contribution in [2.75, 3.05) is 0 Å². The van der Waals surface area contributed by atoms with Gasteiger partial charge in [-0.25, -0.2) is 0 Å². The van der Waals surface area contributed by atoms with Crippen molar-refractivity contribution in [1.29, 1.82) is 0 Å². The van der Waals surface area contributed by atoms with Crippen LogP contribution >= 0.6 is 0 Å². The zero-order chi connectivity index (χ0) is 3.41. The van der Waals surface area contributed by atoms with Gasteiger partial charge in [-0.3, -0.25) is 0 Å². The molecule has 0 saturated carbocycles. The topological polar surface area (TPSA) is 0 Å². The molecule has 0 aliphatic carbocycles. The Bertz CT molecular complexity index is 17.9. The number of allylic oxidation sites excluding steroid dienone is 1. The molecule has 0 aromatic heterocycles. The number of hydrogen-bond acceptors (Lipinski definition) is 0. The van der Waals surface area contributed by atoms with E-state index in [-0.39, 0.29) is 40.1 Å². The van der Waals surface area contributed by atoms with Crippen LogP contribution in [0.4, 0.5) is 0 Å². The molecule has 0 fully saturated rings. The maximum atomic E-state index is 3.49. The Morgan fingerprint density at radius 1 is 1.67 bits per heavy atom. The second-order valence-electron chi connectivity index (χ2n) is 0.577. The monoisotopic (exact) mass is 160 g/mol. The summed E-state index contributed by atoms with van der Waals surface area (Å²) in [4.78, 5) is 0. The van der Waals surface area contributed by atoms with Gasteiger partial charge in [0.2, 0.25) is 0 Å². The predicted molar refractivity (Wildman–Crippen MR) is 26.9 cm³/mol. The summed E-state index contributed by atoms with van der Waals surface area (Å²) >= 11 is 0. The summed E-state index contributed by atoms with van der Waals surface area (Å²) in [6.45, 7) is 6.90. The van der Waals surface area contributed by atoms with E-state index in [0.29, 0.717) is 0 Å². The van der Waals surface area contributed by atoms with Gasteiger partial charge in [0, 0.05) is 32.7 Å². The van der Waals surface area contributed by atoms with Crippen molar-refractivity contribution in [3.63, 3.8) is 0 Å². The smallest absolute Gasteiger partial charge is 0 e. The average molecular weight is 160 g/mol. The molecular formula is C5H11Y-. The van der Waals surface area contributed by atoms with Gasteiger partial charge in [0.15, 0.2) is 0 Å². The molecule has 0 spiro atoms. The van der Waals surface area contributed by atoms with Crippen LogP contribution in [-0.2, 0) is 32.7 Å². The van der Waals surface area contributed by atoms with Crippen LogP contribution in [0.25, 0.3) is 0 Å². The van der Waals surface area contributed by atoms with Gasteiger partial charge in [0.1, 0.15) is 0 Å². The molecular weight excluding hydrogens is 149 g/mol. The van der Waals surface area contributed by atoms with E-state index in [1.54, 1.807) is 6.08 Å². The first-order valence-corrected chi connectivity index (χ1v) is 1.32. The SMILES string of the molecule is C.C=CC[CH2-].[Y]. The third kappa shape index (κ3) is 21.1. The molecule has 0 unspecified atom stereocenters. The fraction of sp³-hybridized carbons (Fsp3) is 0.400. The third-order valence-electron chi connectivity index (χ3n) is 0.204. The van der Waals surface area contributed by atoms with Crippen molar-refractivity contribution in [3.05, 3.63) is 19.6 Å². The second kappa shape index (κ2) is 17.0. The molecule has 0 rings (SSSR count). The molecule has 0 atom stereocenters. The van der Waals surface area contributed by atoms with E-state index in [9.17, 15) is 0 Å². The molecule has 0 heterocycles. The summed E-state index contributed by atoms with van der Waals surface area (Å²) in [7, 11) is 0. The van der Waals surface area contributed by atoms with Crippen molar-refractivity contribution < 1.29 is 32.7 Å². The summed E-state index contributed by atoms with van der Waals surface area (Å²) in [5.74, 6) is 0. The van der Waals surface area contributed by atoms with Gasteiger partial charge in [-0.15, -0.1) is 12.7 Å². The summed E-state index contributed by atoms with van der Waals surface area (Å²) < 4.78 is 0. The predicted octanol–water partition coefficient (Wildman–Crippen LogP) is 2.03. The van der Waals surface area contributed by atoms with Crippen molar-refractivity contribution in [3.8, 4) is 0 Å². The van der Waals surface area contributed by atoms with Crippen LogP contribution in [0.1, 0.15) is 13.8 Å². The maximum Gasteiger partial charge on any atom is 0 e. The van der Waals surface area contributed by atoms with E-state index < -0.39 is 0 Å². The van der Waals surface area contributed by atoms with Gasteiger partial charge in [-0.2, -0.15) is 6.42 Å². The van der Waals surface area contributed by atoms with E-state index in [1.807, 2.05) is 0 Å².